The highest BCUT2D eigenvalue weighted by Crippen LogP contribution is 2.32. The first-order valence-electron chi connectivity index (χ1n) is 5.93. The molecule has 102 valence electrons. The zero-order chi connectivity index (χ0) is 14.1. The van der Waals surface area contributed by atoms with Gasteiger partial charge in [-0.05, 0) is 17.9 Å². The molecule has 0 spiro atoms. The van der Waals surface area contributed by atoms with Gasteiger partial charge in [-0.15, -0.1) is 0 Å². The smallest absolute Gasteiger partial charge is 0.163 e. The molecule has 1 rings (SSSR count). The van der Waals surface area contributed by atoms with Gasteiger partial charge in [-0.1, -0.05) is 32.9 Å². The normalized spacial score (nSPS) is 15.6. The monoisotopic (exact) mass is 257 g/mol. The molecule has 2 N–H and O–H groups in total. The Bertz CT molecular complexity index is 427. The van der Waals surface area contributed by atoms with E-state index in [1.165, 1.54) is 26.2 Å². The van der Waals surface area contributed by atoms with Crippen molar-refractivity contribution in [2.75, 3.05) is 7.11 Å². The summed E-state index contributed by atoms with van der Waals surface area (Å²) in [6.45, 7) is 7.36. The van der Waals surface area contributed by atoms with Crippen molar-refractivity contribution in [1.29, 1.82) is 0 Å². The molecule has 0 aromatic heterocycles. The molecule has 0 saturated carbocycles. The molecule has 2 atom stereocenters. The van der Waals surface area contributed by atoms with E-state index in [0.29, 0.717) is 0 Å². The van der Waals surface area contributed by atoms with Crippen LogP contribution in [0.5, 0.6) is 0 Å². The lowest BCUT2D eigenvalue weighted by molar-refractivity contribution is -0.00328. The molecule has 4 heteroatoms. The third-order valence-electron chi connectivity index (χ3n) is 3.10. The van der Waals surface area contributed by atoms with Gasteiger partial charge in [0.1, 0.15) is 0 Å². The summed E-state index contributed by atoms with van der Waals surface area (Å²) in [7, 11) is 1.53. The van der Waals surface area contributed by atoms with E-state index in [9.17, 15) is 8.78 Å². The second-order valence-electron chi connectivity index (χ2n) is 5.65. The van der Waals surface area contributed by atoms with E-state index in [4.69, 9.17) is 10.5 Å². The Morgan fingerprint density at radius 3 is 2.17 bits per heavy atom. The molecule has 0 saturated heterocycles. The van der Waals surface area contributed by atoms with E-state index < -0.39 is 23.8 Å². The summed E-state index contributed by atoms with van der Waals surface area (Å²) in [5, 5.41) is 0. The van der Waals surface area contributed by atoms with Crippen LogP contribution in [0.2, 0.25) is 0 Å². The highest BCUT2D eigenvalue weighted by atomic mass is 19.2. The average molecular weight is 257 g/mol. The Morgan fingerprint density at radius 2 is 1.72 bits per heavy atom. The predicted octanol–water partition coefficient (Wildman–Crippen LogP) is 3.33. The third kappa shape index (κ3) is 2.87. The van der Waals surface area contributed by atoms with Gasteiger partial charge in [0.15, 0.2) is 11.6 Å². The summed E-state index contributed by atoms with van der Waals surface area (Å²) in [5.41, 5.74) is 6.19. The molecule has 0 fully saturated rings. The Hall–Kier alpha value is -1.00. The van der Waals surface area contributed by atoms with Gasteiger partial charge < -0.3 is 10.5 Å². The lowest BCUT2D eigenvalue weighted by Gasteiger charge is -2.34. The zero-order valence-electron chi connectivity index (χ0n) is 11.6. The maximum Gasteiger partial charge on any atom is 0.163 e. The van der Waals surface area contributed by atoms with Crippen LogP contribution < -0.4 is 5.73 Å². The van der Waals surface area contributed by atoms with E-state index in [-0.39, 0.29) is 16.5 Å². The topological polar surface area (TPSA) is 35.2 Å². The lowest BCUT2D eigenvalue weighted by Crippen LogP contribution is -2.39. The van der Waals surface area contributed by atoms with E-state index in [1.807, 2.05) is 20.8 Å². The van der Waals surface area contributed by atoms with Crippen molar-refractivity contribution in [2.45, 2.75) is 39.8 Å². The van der Waals surface area contributed by atoms with Gasteiger partial charge in [0.05, 0.1) is 12.1 Å². The average Bonchev–Trinajstić information content (AvgIpc) is 2.25. The first-order chi connectivity index (χ1) is 8.20. The van der Waals surface area contributed by atoms with Gasteiger partial charge in [0.2, 0.25) is 0 Å². The SMILES string of the molecule is COC(C(N)c1ccc(C)c(F)c1F)C(C)(C)C. The second-order valence-corrected chi connectivity index (χ2v) is 5.65. The van der Waals surface area contributed by atoms with Crippen LogP contribution in [-0.4, -0.2) is 13.2 Å². The van der Waals surface area contributed by atoms with Crippen molar-refractivity contribution in [3.05, 3.63) is 34.9 Å². The number of methoxy groups -OCH3 is 1. The molecule has 1 aromatic rings. The van der Waals surface area contributed by atoms with Crippen LogP contribution >= 0.6 is 0 Å². The molecule has 0 aliphatic heterocycles. The number of hydrogen-bond acceptors (Lipinski definition) is 2. The molecular formula is C14H21F2NO. The third-order valence-corrected chi connectivity index (χ3v) is 3.10. The first-order valence-corrected chi connectivity index (χ1v) is 5.93. The Labute approximate surface area is 107 Å². The minimum atomic E-state index is -0.881. The second kappa shape index (κ2) is 5.33. The van der Waals surface area contributed by atoms with Crippen molar-refractivity contribution < 1.29 is 13.5 Å². The predicted molar refractivity (Wildman–Crippen MR) is 68.3 cm³/mol. The number of aryl methyl sites for hydroxylation is 1. The number of nitrogens with two attached hydrogens (primary N) is 1. The summed E-state index contributed by atoms with van der Waals surface area (Å²) in [5.74, 6) is -1.72. The number of benzene rings is 1. The van der Waals surface area contributed by atoms with Gasteiger partial charge in [-0.3, -0.25) is 0 Å². The van der Waals surface area contributed by atoms with Crippen molar-refractivity contribution in [3.8, 4) is 0 Å². The molecule has 0 aliphatic carbocycles. The molecule has 0 aliphatic rings. The maximum absolute atomic E-state index is 13.9. The minimum absolute atomic E-state index is 0.153. The molecule has 0 bridgehead atoms. The molecule has 2 unspecified atom stereocenters. The summed E-state index contributed by atoms with van der Waals surface area (Å²) < 4.78 is 32.8. The van der Waals surface area contributed by atoms with Crippen LogP contribution in [-0.2, 0) is 4.74 Å². The Morgan fingerprint density at radius 1 is 1.17 bits per heavy atom. The van der Waals surface area contributed by atoms with Crippen LogP contribution in [0, 0.1) is 24.0 Å². The number of halogens is 2. The van der Waals surface area contributed by atoms with Crippen molar-refractivity contribution in [3.63, 3.8) is 0 Å². The zero-order valence-corrected chi connectivity index (χ0v) is 11.6. The number of hydrogen-bond donors (Lipinski definition) is 1. The molecule has 0 amide bonds. The van der Waals surface area contributed by atoms with E-state index >= 15 is 0 Å². The fraction of sp³-hybridized carbons (Fsp3) is 0.571. The number of rotatable bonds is 3. The highest BCUT2D eigenvalue weighted by molar-refractivity contribution is 5.28. The maximum atomic E-state index is 13.9. The highest BCUT2D eigenvalue weighted by Gasteiger charge is 2.33. The fourth-order valence-corrected chi connectivity index (χ4v) is 2.12. The van der Waals surface area contributed by atoms with E-state index in [2.05, 4.69) is 0 Å². The molecule has 1 aromatic carbocycles. The van der Waals surface area contributed by atoms with Crippen LogP contribution in [0.15, 0.2) is 12.1 Å². The van der Waals surface area contributed by atoms with Crippen LogP contribution in [0.4, 0.5) is 8.78 Å². The van der Waals surface area contributed by atoms with Gasteiger partial charge in [0, 0.05) is 12.7 Å². The van der Waals surface area contributed by atoms with E-state index in [0.717, 1.165) is 0 Å². The van der Waals surface area contributed by atoms with Gasteiger partial charge >= 0.3 is 0 Å². The van der Waals surface area contributed by atoms with Gasteiger partial charge in [-0.2, -0.15) is 0 Å². The largest absolute Gasteiger partial charge is 0.379 e. The molecule has 0 radical (unpaired) electrons. The van der Waals surface area contributed by atoms with Crippen LogP contribution in [0.1, 0.15) is 37.9 Å². The standard InChI is InChI=1S/C14H21F2NO/c1-8-6-7-9(11(16)10(8)15)12(17)13(18-5)14(2,3)4/h6-7,12-13H,17H2,1-5H3. The number of ether oxygens (including phenoxy) is 1. The quantitative estimate of drug-likeness (QED) is 0.901. The molecule has 18 heavy (non-hydrogen) atoms. The van der Waals surface area contributed by atoms with E-state index in [1.54, 1.807) is 0 Å². The van der Waals surface area contributed by atoms with Crippen LogP contribution in [0.25, 0.3) is 0 Å². The van der Waals surface area contributed by atoms with Crippen molar-refractivity contribution in [2.24, 2.45) is 11.1 Å². The summed E-state index contributed by atoms with van der Waals surface area (Å²) in [6.07, 6.45) is -0.394. The van der Waals surface area contributed by atoms with Crippen molar-refractivity contribution in [1.82, 2.24) is 0 Å². The first kappa shape index (κ1) is 15.1. The van der Waals surface area contributed by atoms with Crippen LogP contribution in [0.3, 0.4) is 0 Å². The summed E-state index contributed by atoms with van der Waals surface area (Å²) in [6, 6.07) is 2.35. The Kier molecular flexibility index (Phi) is 4.46. The lowest BCUT2D eigenvalue weighted by atomic mass is 9.82. The fourth-order valence-electron chi connectivity index (χ4n) is 2.12. The minimum Gasteiger partial charge on any atom is -0.379 e. The molecule has 2 nitrogen and oxygen atoms in total. The summed E-state index contributed by atoms with van der Waals surface area (Å²) >= 11 is 0. The molecule has 0 heterocycles. The Balaban J connectivity index is 3.18. The molecular weight excluding hydrogens is 236 g/mol. The summed E-state index contributed by atoms with van der Waals surface area (Å²) in [4.78, 5) is 0. The van der Waals surface area contributed by atoms with Gasteiger partial charge in [-0.25, -0.2) is 8.78 Å². The van der Waals surface area contributed by atoms with Crippen molar-refractivity contribution >= 4 is 0 Å². The van der Waals surface area contributed by atoms with Gasteiger partial charge in [0.25, 0.3) is 0 Å².